The smallest absolute Gasteiger partial charge is 0.227 e. The molecular weight excluding hydrogens is 737 g/mol. The number of aromatic nitrogens is 4. The minimum absolute atomic E-state index is 0.568. The van der Waals surface area contributed by atoms with Crippen LogP contribution in [0.3, 0.4) is 0 Å². The van der Waals surface area contributed by atoms with Crippen molar-refractivity contribution in [1.29, 1.82) is 0 Å². The second-order valence-corrected chi connectivity index (χ2v) is 15.4. The van der Waals surface area contributed by atoms with Gasteiger partial charge in [0.05, 0.1) is 5.39 Å². The molecule has 278 valence electrons. The van der Waals surface area contributed by atoms with E-state index in [4.69, 9.17) is 28.8 Å². The van der Waals surface area contributed by atoms with Crippen molar-refractivity contribution >= 4 is 86.9 Å². The molecule has 0 N–H and O–H groups in total. The highest BCUT2D eigenvalue weighted by molar-refractivity contribution is 6.25. The lowest BCUT2D eigenvalue weighted by atomic mass is 9.99. The summed E-state index contributed by atoms with van der Waals surface area (Å²) >= 11 is 0. The predicted molar refractivity (Wildman–Crippen MR) is 244 cm³/mol. The highest BCUT2D eigenvalue weighted by Gasteiger charge is 2.21. The van der Waals surface area contributed by atoms with Crippen LogP contribution in [-0.4, -0.2) is 19.9 Å². The van der Waals surface area contributed by atoms with Gasteiger partial charge in [0.15, 0.2) is 23.1 Å². The maximum Gasteiger partial charge on any atom is 0.227 e. The molecule has 0 saturated carbocycles. The van der Waals surface area contributed by atoms with E-state index in [1.165, 1.54) is 16.2 Å². The van der Waals surface area contributed by atoms with E-state index in [0.29, 0.717) is 28.9 Å². The average molecular weight is 767 g/mol. The van der Waals surface area contributed by atoms with Gasteiger partial charge >= 0.3 is 0 Å². The number of rotatable bonds is 4. The summed E-state index contributed by atoms with van der Waals surface area (Å²) in [5, 5.41) is 13.1. The molecule has 0 aliphatic carbocycles. The topological polar surface area (TPSA) is 77.8 Å². The summed E-state index contributed by atoms with van der Waals surface area (Å²) in [4.78, 5) is 20.6. The Morgan fingerprint density at radius 2 is 0.867 bits per heavy atom. The normalized spacial score (nSPS) is 12.0. The number of oxazole rings is 1. The van der Waals surface area contributed by atoms with E-state index in [1.54, 1.807) is 0 Å². The van der Waals surface area contributed by atoms with Gasteiger partial charge in [0.2, 0.25) is 5.89 Å². The molecular formula is C54H30N4O2. The number of hydrogen-bond donors (Lipinski definition) is 0. The molecule has 0 bridgehead atoms. The van der Waals surface area contributed by atoms with Crippen LogP contribution in [0.15, 0.2) is 191 Å². The van der Waals surface area contributed by atoms with E-state index in [9.17, 15) is 0 Å². The van der Waals surface area contributed by atoms with Crippen LogP contribution >= 0.6 is 0 Å². The fraction of sp³-hybridized carbons (Fsp3) is 0. The summed E-state index contributed by atoms with van der Waals surface area (Å²) in [6, 6.07) is 63.1. The van der Waals surface area contributed by atoms with Crippen molar-refractivity contribution in [3.05, 3.63) is 182 Å². The maximum atomic E-state index is 6.66. The summed E-state index contributed by atoms with van der Waals surface area (Å²) in [5.41, 5.74) is 6.62. The van der Waals surface area contributed by atoms with Gasteiger partial charge in [-0.15, -0.1) is 0 Å². The van der Waals surface area contributed by atoms with Crippen LogP contribution in [0, 0.1) is 0 Å². The minimum atomic E-state index is 0.568. The lowest BCUT2D eigenvalue weighted by molar-refractivity contribution is 0.622. The van der Waals surface area contributed by atoms with Crippen LogP contribution in [0.25, 0.3) is 133 Å². The van der Waals surface area contributed by atoms with Crippen LogP contribution in [0.4, 0.5) is 0 Å². The molecule has 0 saturated heterocycles. The first kappa shape index (κ1) is 32.8. The molecule has 3 heterocycles. The van der Waals surface area contributed by atoms with E-state index >= 15 is 0 Å². The molecule has 0 amide bonds. The predicted octanol–water partition coefficient (Wildman–Crippen LogP) is 14.3. The van der Waals surface area contributed by atoms with Crippen LogP contribution in [0.1, 0.15) is 0 Å². The zero-order valence-electron chi connectivity index (χ0n) is 31.9. The highest BCUT2D eigenvalue weighted by Crippen LogP contribution is 2.42. The lowest BCUT2D eigenvalue weighted by Gasteiger charge is -2.12. The van der Waals surface area contributed by atoms with E-state index in [2.05, 4.69) is 152 Å². The maximum absolute atomic E-state index is 6.66. The van der Waals surface area contributed by atoms with E-state index < -0.39 is 0 Å². The number of benzene rings is 10. The molecule has 60 heavy (non-hydrogen) atoms. The Labute approximate surface area is 342 Å². The molecule has 0 aliphatic heterocycles. The third kappa shape index (κ3) is 5.07. The van der Waals surface area contributed by atoms with Gasteiger partial charge in [-0.25, -0.2) is 19.9 Å². The van der Waals surface area contributed by atoms with Crippen LogP contribution in [0.5, 0.6) is 0 Å². The number of furan rings is 1. The summed E-state index contributed by atoms with van der Waals surface area (Å²) in [5.74, 6) is 2.37. The first-order valence-corrected chi connectivity index (χ1v) is 20.0. The zero-order chi connectivity index (χ0) is 39.3. The Hall–Kier alpha value is -8.22. The van der Waals surface area contributed by atoms with Crippen molar-refractivity contribution in [2.24, 2.45) is 0 Å². The minimum Gasteiger partial charge on any atom is -0.456 e. The molecule has 13 rings (SSSR count). The van der Waals surface area contributed by atoms with Gasteiger partial charge < -0.3 is 8.83 Å². The molecule has 0 unspecified atom stereocenters. The molecule has 10 aromatic carbocycles. The largest absolute Gasteiger partial charge is 0.456 e. The van der Waals surface area contributed by atoms with E-state index in [-0.39, 0.29) is 0 Å². The van der Waals surface area contributed by atoms with Crippen molar-refractivity contribution in [2.45, 2.75) is 0 Å². The standard InChI is InChI=1S/C54H30N4O2/c1-2-11-36-28-39(23-16-31(36)8-1)54-55-45-25-27-47-49(50(45)60-54)48-44-30-38(22-20-35(44)24-26-46(48)59-47)52-56-51(57-53(58-52)42-15-7-12-32-9-3-5-13-40(32)42)37-21-19-34-18-17-33-10-4-6-14-41(33)43(34)29-37/h1-30H. The second kappa shape index (κ2) is 12.6. The zero-order valence-corrected chi connectivity index (χ0v) is 31.9. The third-order valence-electron chi connectivity index (χ3n) is 11.9. The van der Waals surface area contributed by atoms with Gasteiger partial charge in [-0.3, -0.25) is 0 Å². The van der Waals surface area contributed by atoms with Crippen LogP contribution < -0.4 is 0 Å². The van der Waals surface area contributed by atoms with Gasteiger partial charge in [-0.2, -0.15) is 0 Å². The Bertz CT molecular complexity index is 3910. The Morgan fingerprint density at radius 1 is 0.317 bits per heavy atom. The monoisotopic (exact) mass is 766 g/mol. The van der Waals surface area contributed by atoms with Gasteiger partial charge in [0, 0.05) is 27.6 Å². The molecule has 0 aliphatic rings. The molecule has 6 heteroatoms. The van der Waals surface area contributed by atoms with Gasteiger partial charge in [-0.1, -0.05) is 140 Å². The first-order valence-electron chi connectivity index (χ1n) is 20.0. The SMILES string of the molecule is c1ccc2cc(-c3nc4ccc5oc6ccc7ccc(-c8nc(-c9ccc%10ccc%11ccccc%11c%10c9)nc(-c9cccc%10ccccc9%10)n8)cc7c6c5c4o3)ccc2c1. The summed E-state index contributed by atoms with van der Waals surface area (Å²) < 4.78 is 13.2. The number of fused-ring (bicyclic) bond motifs is 12. The van der Waals surface area contributed by atoms with Crippen molar-refractivity contribution in [3.63, 3.8) is 0 Å². The van der Waals surface area contributed by atoms with Gasteiger partial charge in [0.25, 0.3) is 0 Å². The Balaban J connectivity index is 1.03. The fourth-order valence-corrected chi connectivity index (χ4v) is 8.96. The summed E-state index contributed by atoms with van der Waals surface area (Å²) in [7, 11) is 0. The van der Waals surface area contributed by atoms with Crippen molar-refractivity contribution in [3.8, 4) is 45.6 Å². The summed E-state index contributed by atoms with van der Waals surface area (Å²) in [6.45, 7) is 0. The van der Waals surface area contributed by atoms with Crippen molar-refractivity contribution in [2.75, 3.05) is 0 Å². The quantitative estimate of drug-likeness (QED) is 0.166. The van der Waals surface area contributed by atoms with Crippen molar-refractivity contribution in [1.82, 2.24) is 19.9 Å². The van der Waals surface area contributed by atoms with E-state index in [1.807, 2.05) is 30.3 Å². The molecule has 13 aromatic rings. The molecule has 0 atom stereocenters. The molecule has 0 fully saturated rings. The van der Waals surface area contributed by atoms with E-state index in [0.717, 1.165) is 87.4 Å². The third-order valence-corrected chi connectivity index (χ3v) is 11.9. The molecule has 0 spiro atoms. The first-order chi connectivity index (χ1) is 29.7. The fourth-order valence-electron chi connectivity index (χ4n) is 8.96. The molecule has 6 nitrogen and oxygen atoms in total. The average Bonchev–Trinajstić information content (AvgIpc) is 3.93. The van der Waals surface area contributed by atoms with Crippen LogP contribution in [-0.2, 0) is 0 Å². The highest BCUT2D eigenvalue weighted by atomic mass is 16.4. The van der Waals surface area contributed by atoms with Gasteiger partial charge in [-0.05, 0) is 96.3 Å². The lowest BCUT2D eigenvalue weighted by Crippen LogP contribution is -2.00. The number of hydrogen-bond acceptors (Lipinski definition) is 6. The second-order valence-electron chi connectivity index (χ2n) is 15.4. The van der Waals surface area contributed by atoms with Gasteiger partial charge in [0.1, 0.15) is 16.7 Å². The Morgan fingerprint density at radius 3 is 1.68 bits per heavy atom. The summed E-state index contributed by atoms with van der Waals surface area (Å²) in [6.07, 6.45) is 0. The van der Waals surface area contributed by atoms with Crippen molar-refractivity contribution < 1.29 is 8.83 Å². The number of nitrogens with zero attached hydrogens (tertiary/aromatic N) is 4. The molecule has 3 aromatic heterocycles. The Kier molecular flexibility index (Phi) is 6.91. The molecule has 0 radical (unpaired) electrons. The van der Waals surface area contributed by atoms with Crippen LogP contribution in [0.2, 0.25) is 0 Å².